The average molecular weight is 541 g/mol. The lowest BCUT2D eigenvalue weighted by Crippen LogP contribution is -2.53. The Bertz CT molecular complexity index is 1490. The fraction of sp³-hybridized carbons (Fsp3) is 0.333. The van der Waals surface area contributed by atoms with Crippen LogP contribution < -0.4 is 9.47 Å². The molecule has 9 nitrogen and oxygen atoms in total. The zero-order valence-electron chi connectivity index (χ0n) is 21.6. The molecule has 1 aliphatic heterocycles. The summed E-state index contributed by atoms with van der Waals surface area (Å²) in [6, 6.07) is 12.0. The molecule has 0 saturated carbocycles. The van der Waals surface area contributed by atoms with E-state index in [2.05, 4.69) is 20.0 Å². The first-order valence-electron chi connectivity index (χ1n) is 12.3. The minimum absolute atomic E-state index is 0.0468. The van der Waals surface area contributed by atoms with Gasteiger partial charge in [-0.1, -0.05) is 30.3 Å². The van der Waals surface area contributed by atoms with Crippen LogP contribution in [0.5, 0.6) is 11.5 Å². The highest BCUT2D eigenvalue weighted by molar-refractivity contribution is 5.97. The molecule has 0 bridgehead atoms. The third-order valence-corrected chi connectivity index (χ3v) is 6.59. The van der Waals surface area contributed by atoms with Crippen molar-refractivity contribution in [3.05, 3.63) is 55.0 Å². The van der Waals surface area contributed by atoms with Crippen LogP contribution in [0.4, 0.5) is 18.0 Å². The summed E-state index contributed by atoms with van der Waals surface area (Å²) >= 11 is 0. The van der Waals surface area contributed by atoms with Crippen LogP contribution in [0.25, 0.3) is 33.4 Å². The summed E-state index contributed by atoms with van der Waals surface area (Å²) in [7, 11) is 3.45. The number of alkyl halides is 3. The number of likely N-dealkylation sites (N-methyl/N-ethyl adjacent to an activating group) is 1. The predicted octanol–water partition coefficient (Wildman–Crippen LogP) is 4.87. The lowest BCUT2D eigenvalue weighted by Gasteiger charge is -2.37. The number of nitrogens with zero attached hydrogens (tertiary/aromatic N) is 6. The molecule has 2 aromatic carbocycles. The van der Waals surface area contributed by atoms with E-state index in [9.17, 15) is 18.0 Å². The van der Waals surface area contributed by atoms with E-state index in [1.165, 1.54) is 19.6 Å². The number of carbonyl (C=O) groups is 1. The Morgan fingerprint density at radius 2 is 1.85 bits per heavy atom. The Morgan fingerprint density at radius 3 is 2.54 bits per heavy atom. The van der Waals surface area contributed by atoms with E-state index in [-0.39, 0.29) is 11.8 Å². The Kier molecular flexibility index (Phi) is 7.13. The number of rotatable bonds is 5. The minimum atomic E-state index is -4.46. The smallest absolute Gasteiger partial charge is 0.415 e. The SMILES string of the molecule is COc1cc2ncnc(-c3cn(CC(F)(F)F)nc3-c3ccccc3)c2cc1OC(=O)N1CCN(C)C[C@@H]1C. The maximum Gasteiger partial charge on any atom is 0.415 e. The molecule has 1 aliphatic rings. The topological polar surface area (TPSA) is 85.6 Å². The Labute approximate surface area is 222 Å². The number of aromatic nitrogens is 4. The van der Waals surface area contributed by atoms with Crippen LogP contribution in [-0.4, -0.2) is 81.7 Å². The van der Waals surface area contributed by atoms with E-state index in [0.29, 0.717) is 52.3 Å². The molecule has 1 saturated heterocycles. The summed E-state index contributed by atoms with van der Waals surface area (Å²) in [5, 5.41) is 4.71. The molecular formula is C27H27F3N6O3. The van der Waals surface area contributed by atoms with Gasteiger partial charge in [0.1, 0.15) is 18.6 Å². The van der Waals surface area contributed by atoms with Gasteiger partial charge in [-0.2, -0.15) is 18.3 Å². The fourth-order valence-corrected chi connectivity index (χ4v) is 4.75. The van der Waals surface area contributed by atoms with Gasteiger partial charge in [0.05, 0.1) is 18.3 Å². The second kappa shape index (κ2) is 10.5. The first kappa shape index (κ1) is 26.4. The molecule has 5 rings (SSSR count). The third-order valence-electron chi connectivity index (χ3n) is 6.59. The monoisotopic (exact) mass is 540 g/mol. The Morgan fingerprint density at radius 1 is 1.08 bits per heavy atom. The maximum absolute atomic E-state index is 13.2. The number of carbonyl (C=O) groups excluding carboxylic acids is 1. The van der Waals surface area contributed by atoms with Crippen LogP contribution in [-0.2, 0) is 6.54 Å². The van der Waals surface area contributed by atoms with Gasteiger partial charge >= 0.3 is 12.3 Å². The average Bonchev–Trinajstić information content (AvgIpc) is 3.30. The number of methoxy groups -OCH3 is 1. The number of benzene rings is 2. The highest BCUT2D eigenvalue weighted by atomic mass is 19.4. The molecule has 1 atom stereocenters. The highest BCUT2D eigenvalue weighted by Gasteiger charge is 2.31. The lowest BCUT2D eigenvalue weighted by molar-refractivity contribution is -0.142. The third kappa shape index (κ3) is 5.65. The molecule has 2 aromatic heterocycles. The molecule has 3 heterocycles. The van der Waals surface area contributed by atoms with Crippen molar-refractivity contribution in [2.75, 3.05) is 33.8 Å². The molecule has 1 amide bonds. The van der Waals surface area contributed by atoms with Gasteiger partial charge in [0.15, 0.2) is 11.5 Å². The highest BCUT2D eigenvalue weighted by Crippen LogP contribution is 2.39. The van der Waals surface area contributed by atoms with E-state index in [1.807, 2.05) is 20.0 Å². The second-order valence-electron chi connectivity index (χ2n) is 9.49. The van der Waals surface area contributed by atoms with Gasteiger partial charge in [-0.3, -0.25) is 4.68 Å². The largest absolute Gasteiger partial charge is 0.493 e. The molecule has 204 valence electrons. The molecule has 4 aromatic rings. The van der Waals surface area contributed by atoms with Gasteiger partial charge in [-0.25, -0.2) is 14.8 Å². The van der Waals surface area contributed by atoms with Gasteiger partial charge in [0.2, 0.25) is 0 Å². The molecule has 39 heavy (non-hydrogen) atoms. The van der Waals surface area contributed by atoms with Crippen molar-refractivity contribution in [1.29, 1.82) is 0 Å². The number of amides is 1. The van der Waals surface area contributed by atoms with E-state index < -0.39 is 18.8 Å². The summed E-state index contributed by atoms with van der Waals surface area (Å²) in [6.45, 7) is 2.64. The molecule has 0 spiro atoms. The van der Waals surface area contributed by atoms with Crippen molar-refractivity contribution in [2.45, 2.75) is 25.7 Å². The van der Waals surface area contributed by atoms with Crippen LogP contribution in [0, 0.1) is 0 Å². The van der Waals surface area contributed by atoms with Gasteiger partial charge in [-0.15, -0.1) is 0 Å². The normalized spacial score (nSPS) is 16.5. The van der Waals surface area contributed by atoms with Gasteiger partial charge < -0.3 is 19.3 Å². The lowest BCUT2D eigenvalue weighted by atomic mass is 10.0. The Balaban J connectivity index is 1.60. The van der Waals surface area contributed by atoms with Crippen LogP contribution in [0.3, 0.4) is 0 Å². The molecule has 0 aliphatic carbocycles. The first-order valence-corrected chi connectivity index (χ1v) is 12.3. The van der Waals surface area contributed by atoms with E-state index in [1.54, 1.807) is 41.3 Å². The van der Waals surface area contributed by atoms with Crippen LogP contribution >= 0.6 is 0 Å². The summed E-state index contributed by atoms with van der Waals surface area (Å²) in [5.74, 6) is 0.444. The van der Waals surface area contributed by atoms with Crippen LogP contribution in [0.15, 0.2) is 55.0 Å². The summed E-state index contributed by atoms with van der Waals surface area (Å²) < 4.78 is 51.8. The number of hydrogen-bond donors (Lipinski definition) is 0. The van der Waals surface area contributed by atoms with Gasteiger partial charge in [0.25, 0.3) is 0 Å². The van der Waals surface area contributed by atoms with Crippen LogP contribution in [0.2, 0.25) is 0 Å². The second-order valence-corrected chi connectivity index (χ2v) is 9.49. The zero-order valence-corrected chi connectivity index (χ0v) is 21.6. The number of piperazine rings is 1. The van der Waals surface area contributed by atoms with Crippen molar-refractivity contribution in [1.82, 2.24) is 29.5 Å². The van der Waals surface area contributed by atoms with Gasteiger partial charge in [-0.05, 0) is 20.0 Å². The minimum Gasteiger partial charge on any atom is -0.493 e. The quantitative estimate of drug-likeness (QED) is 0.357. The Hall–Kier alpha value is -4.19. The fourth-order valence-electron chi connectivity index (χ4n) is 4.75. The molecule has 12 heteroatoms. The van der Waals surface area contributed by atoms with Gasteiger partial charge in [0, 0.05) is 54.5 Å². The zero-order chi connectivity index (χ0) is 27.7. The maximum atomic E-state index is 13.2. The van der Waals surface area contributed by atoms with E-state index >= 15 is 0 Å². The molecule has 0 N–H and O–H groups in total. The van der Waals surface area contributed by atoms with Crippen molar-refractivity contribution in [2.24, 2.45) is 0 Å². The van der Waals surface area contributed by atoms with E-state index in [0.717, 1.165) is 11.2 Å². The number of ether oxygens (including phenoxy) is 2. The van der Waals surface area contributed by atoms with Crippen molar-refractivity contribution < 1.29 is 27.4 Å². The summed E-state index contributed by atoms with van der Waals surface area (Å²) in [6.07, 6.45) is -2.33. The number of halogens is 3. The molecule has 0 unspecified atom stereocenters. The first-order chi connectivity index (χ1) is 18.6. The molecule has 0 radical (unpaired) electrons. The van der Waals surface area contributed by atoms with Crippen molar-refractivity contribution >= 4 is 17.0 Å². The summed E-state index contributed by atoms with van der Waals surface area (Å²) in [4.78, 5) is 25.6. The standard InChI is InChI=1S/C27H27F3N6O3/c1-17-13-34(2)9-10-36(17)26(37)39-23-11-19-21(12-22(23)38-3)31-16-32-25(19)20-14-35(15-27(28,29)30)33-24(20)18-7-5-4-6-8-18/h4-8,11-12,14,16-17H,9-10,13,15H2,1-3H3/t17-/m0/s1. The molecule has 1 fully saturated rings. The van der Waals surface area contributed by atoms with Crippen molar-refractivity contribution in [3.8, 4) is 34.0 Å². The van der Waals surface area contributed by atoms with E-state index in [4.69, 9.17) is 9.47 Å². The van der Waals surface area contributed by atoms with Crippen LogP contribution in [0.1, 0.15) is 6.92 Å². The number of hydrogen-bond acceptors (Lipinski definition) is 7. The van der Waals surface area contributed by atoms with Crippen molar-refractivity contribution in [3.63, 3.8) is 0 Å². The number of fused-ring (bicyclic) bond motifs is 1. The predicted molar refractivity (Wildman–Crippen MR) is 138 cm³/mol. The molecular weight excluding hydrogens is 513 g/mol. The summed E-state index contributed by atoms with van der Waals surface area (Å²) in [5.41, 5.74) is 2.16.